The molecule has 160 valence electrons. The van der Waals surface area contributed by atoms with Crippen LogP contribution in [0.5, 0.6) is 0 Å². The average molecular weight is 420 g/mol. The highest BCUT2D eigenvalue weighted by Gasteiger charge is 2.60. The van der Waals surface area contributed by atoms with Gasteiger partial charge in [0.25, 0.3) is 0 Å². The number of benzene rings is 1. The van der Waals surface area contributed by atoms with Gasteiger partial charge in [-0.05, 0) is 51.7 Å². The molecular formula is C23H33NO4S. The van der Waals surface area contributed by atoms with Gasteiger partial charge in [0.15, 0.2) is 0 Å². The number of carbonyl (C=O) groups is 1. The van der Waals surface area contributed by atoms with Crippen LogP contribution in [0.2, 0.25) is 0 Å². The van der Waals surface area contributed by atoms with Crippen LogP contribution in [-0.2, 0) is 19.6 Å². The van der Waals surface area contributed by atoms with Gasteiger partial charge in [-0.15, -0.1) is 0 Å². The summed E-state index contributed by atoms with van der Waals surface area (Å²) >= 11 is 0. The smallest absolute Gasteiger partial charge is 0.245 e. The molecule has 5 nitrogen and oxygen atoms in total. The maximum Gasteiger partial charge on any atom is 0.245 e. The molecule has 2 saturated carbocycles. The summed E-state index contributed by atoms with van der Waals surface area (Å²) in [6, 6.07) is 6.82. The summed E-state index contributed by atoms with van der Waals surface area (Å²) in [5, 5.41) is 0. The van der Waals surface area contributed by atoms with Gasteiger partial charge in [-0.3, -0.25) is 4.79 Å². The summed E-state index contributed by atoms with van der Waals surface area (Å²) in [5.41, 5.74) is -0.259. The minimum Gasteiger partial charge on any atom is -0.356 e. The summed E-state index contributed by atoms with van der Waals surface area (Å²) in [5.74, 6) is 0.129. The van der Waals surface area contributed by atoms with Crippen molar-refractivity contribution in [3.8, 4) is 0 Å². The number of nitrogens with zero attached hydrogens (tertiary/aromatic N) is 1. The highest BCUT2D eigenvalue weighted by molar-refractivity contribution is 7.89. The van der Waals surface area contributed by atoms with Crippen molar-refractivity contribution in [1.82, 2.24) is 4.31 Å². The van der Waals surface area contributed by atoms with E-state index in [0.29, 0.717) is 6.42 Å². The van der Waals surface area contributed by atoms with Gasteiger partial charge < -0.3 is 4.74 Å². The summed E-state index contributed by atoms with van der Waals surface area (Å²) < 4.78 is 35.6. The quantitative estimate of drug-likeness (QED) is 0.727. The standard InChI is InChI=1S/C23H33NO4S/c1-16-10-12-17(13-11-16)29(26,27)24-18-8-5-6-9-19(18)28-21(24)23(4)15-7-14-22(2,3)20(23)25/h10-13,18-19,21H,5-9,14-15H2,1-4H3/t18-,19-,21-,23-/m0/s1. The van der Waals surface area contributed by atoms with Crippen LogP contribution in [0.3, 0.4) is 0 Å². The number of carbonyl (C=O) groups excluding carboxylic acids is 1. The zero-order valence-corrected chi connectivity index (χ0v) is 18.8. The Labute approximate surface area is 174 Å². The molecule has 1 heterocycles. The Bertz CT molecular complexity index is 892. The van der Waals surface area contributed by atoms with Crippen LogP contribution in [-0.4, -0.2) is 36.9 Å². The number of hydrogen-bond acceptors (Lipinski definition) is 4. The van der Waals surface area contributed by atoms with E-state index in [9.17, 15) is 13.2 Å². The topological polar surface area (TPSA) is 63.7 Å². The van der Waals surface area contributed by atoms with Gasteiger partial charge in [-0.25, -0.2) is 8.42 Å². The molecule has 0 aromatic heterocycles. The third-order valence-corrected chi connectivity index (χ3v) is 9.19. The molecule has 4 rings (SSSR count). The molecule has 0 spiro atoms. The third kappa shape index (κ3) is 3.37. The molecule has 3 aliphatic rings. The summed E-state index contributed by atoms with van der Waals surface area (Å²) in [7, 11) is -3.77. The molecule has 0 unspecified atom stereocenters. The monoisotopic (exact) mass is 419 g/mol. The first-order chi connectivity index (χ1) is 13.6. The van der Waals surface area contributed by atoms with Gasteiger partial charge >= 0.3 is 0 Å². The number of Topliss-reactive ketones (excluding diaryl/α,β-unsaturated/α-hetero) is 1. The van der Waals surface area contributed by atoms with Crippen molar-refractivity contribution in [2.24, 2.45) is 10.8 Å². The molecule has 0 amide bonds. The molecule has 1 aromatic rings. The van der Waals surface area contributed by atoms with E-state index in [2.05, 4.69) is 0 Å². The predicted octanol–water partition coefficient (Wildman–Crippen LogP) is 4.44. The largest absolute Gasteiger partial charge is 0.356 e. The van der Waals surface area contributed by atoms with Crippen LogP contribution in [0.15, 0.2) is 29.2 Å². The van der Waals surface area contributed by atoms with Gasteiger partial charge in [-0.2, -0.15) is 4.31 Å². The van der Waals surface area contributed by atoms with Crippen molar-refractivity contribution < 1.29 is 17.9 Å². The maximum absolute atomic E-state index is 13.8. The lowest BCUT2D eigenvalue weighted by atomic mass is 9.62. The lowest BCUT2D eigenvalue weighted by Crippen LogP contribution is -2.56. The van der Waals surface area contributed by atoms with E-state index in [1.54, 1.807) is 16.4 Å². The van der Waals surface area contributed by atoms with Gasteiger partial charge in [0.1, 0.15) is 12.0 Å². The first-order valence-corrected chi connectivity index (χ1v) is 12.3. The molecule has 2 aliphatic carbocycles. The molecule has 0 bridgehead atoms. The van der Waals surface area contributed by atoms with Crippen molar-refractivity contribution in [2.75, 3.05) is 0 Å². The van der Waals surface area contributed by atoms with Crippen LogP contribution in [0.25, 0.3) is 0 Å². The van der Waals surface area contributed by atoms with Crippen molar-refractivity contribution in [1.29, 1.82) is 0 Å². The van der Waals surface area contributed by atoms with Crippen molar-refractivity contribution in [3.05, 3.63) is 29.8 Å². The highest BCUT2D eigenvalue weighted by atomic mass is 32.2. The van der Waals surface area contributed by atoms with Crippen molar-refractivity contribution >= 4 is 15.8 Å². The number of rotatable bonds is 3. The number of hydrogen-bond donors (Lipinski definition) is 0. The molecule has 1 saturated heterocycles. The fraction of sp³-hybridized carbons (Fsp3) is 0.696. The van der Waals surface area contributed by atoms with Gasteiger partial charge in [0.05, 0.1) is 22.5 Å². The fourth-order valence-electron chi connectivity index (χ4n) is 5.63. The second kappa shape index (κ2) is 7.17. The first-order valence-electron chi connectivity index (χ1n) is 10.9. The van der Waals surface area contributed by atoms with E-state index in [1.165, 1.54) is 0 Å². The normalized spacial score (nSPS) is 35.4. The number of fused-ring (bicyclic) bond motifs is 1. The van der Waals surface area contributed by atoms with Gasteiger partial charge in [0.2, 0.25) is 10.0 Å². The molecule has 29 heavy (non-hydrogen) atoms. The molecule has 0 N–H and O–H groups in total. The molecule has 0 radical (unpaired) electrons. The Morgan fingerprint density at radius 1 is 1.00 bits per heavy atom. The van der Waals surface area contributed by atoms with Crippen LogP contribution < -0.4 is 0 Å². The van der Waals surface area contributed by atoms with E-state index < -0.39 is 27.1 Å². The van der Waals surface area contributed by atoms with E-state index in [4.69, 9.17) is 4.74 Å². The molecule has 1 aromatic carbocycles. The van der Waals surface area contributed by atoms with Crippen molar-refractivity contribution in [3.63, 3.8) is 0 Å². The second-order valence-corrected chi connectivity index (χ2v) is 11.9. The molecule has 3 fully saturated rings. The Morgan fingerprint density at radius 3 is 2.34 bits per heavy atom. The van der Waals surface area contributed by atoms with E-state index in [0.717, 1.165) is 44.1 Å². The number of ketones is 1. The lowest BCUT2D eigenvalue weighted by Gasteiger charge is -2.46. The van der Waals surface area contributed by atoms with Crippen molar-refractivity contribution in [2.45, 2.75) is 95.9 Å². The summed E-state index contributed by atoms with van der Waals surface area (Å²) in [6.07, 6.45) is 5.25. The van der Waals surface area contributed by atoms with E-state index >= 15 is 0 Å². The number of aryl methyl sites for hydroxylation is 1. The minimum atomic E-state index is -3.77. The van der Waals surface area contributed by atoms with Crippen LogP contribution in [0, 0.1) is 17.8 Å². The van der Waals surface area contributed by atoms with Crippen LogP contribution in [0.1, 0.15) is 71.3 Å². The maximum atomic E-state index is 13.8. The predicted molar refractivity (Wildman–Crippen MR) is 112 cm³/mol. The second-order valence-electron chi connectivity index (χ2n) is 10.0. The molecule has 1 aliphatic heterocycles. The van der Waals surface area contributed by atoms with Gasteiger partial charge in [-0.1, -0.05) is 50.8 Å². The van der Waals surface area contributed by atoms with E-state index in [1.807, 2.05) is 39.8 Å². The average Bonchev–Trinajstić information content (AvgIpc) is 3.07. The van der Waals surface area contributed by atoms with E-state index in [-0.39, 0.29) is 22.8 Å². The zero-order valence-electron chi connectivity index (χ0n) is 18.0. The Morgan fingerprint density at radius 2 is 1.66 bits per heavy atom. The molecular weight excluding hydrogens is 386 g/mol. The fourth-order valence-corrected chi connectivity index (χ4v) is 7.48. The zero-order chi connectivity index (χ0) is 21.0. The molecule has 4 atom stereocenters. The first kappa shape index (κ1) is 21.0. The SMILES string of the molecule is Cc1ccc(S(=O)(=O)N2[C@H]([C@@]3(C)CCCC(C)(C)C3=O)O[C@H]3CCCC[C@@H]32)cc1. The van der Waals surface area contributed by atoms with Gasteiger partial charge in [0, 0.05) is 5.41 Å². The minimum absolute atomic E-state index is 0.122. The summed E-state index contributed by atoms with van der Waals surface area (Å²) in [4.78, 5) is 13.8. The molecule has 6 heteroatoms. The van der Waals surface area contributed by atoms with Crippen LogP contribution >= 0.6 is 0 Å². The third-order valence-electron chi connectivity index (χ3n) is 7.30. The Balaban J connectivity index is 1.80. The van der Waals surface area contributed by atoms with Crippen LogP contribution in [0.4, 0.5) is 0 Å². The highest BCUT2D eigenvalue weighted by Crippen LogP contribution is 2.51. The Hall–Kier alpha value is -1.24. The Kier molecular flexibility index (Phi) is 5.20. The lowest BCUT2D eigenvalue weighted by molar-refractivity contribution is -0.156. The summed E-state index contributed by atoms with van der Waals surface area (Å²) in [6.45, 7) is 7.83. The number of ether oxygens (including phenoxy) is 1. The number of sulfonamides is 1.